The van der Waals surface area contributed by atoms with Crippen LogP contribution in [0.3, 0.4) is 0 Å². The lowest BCUT2D eigenvalue weighted by molar-refractivity contribution is 0.254. The number of rotatable bonds is 3. The van der Waals surface area contributed by atoms with Crippen LogP contribution in [0.2, 0.25) is 0 Å². The van der Waals surface area contributed by atoms with Crippen molar-refractivity contribution in [1.29, 1.82) is 0 Å². The molecule has 1 aliphatic carbocycles. The van der Waals surface area contributed by atoms with Gasteiger partial charge >= 0.3 is 0 Å². The Kier molecular flexibility index (Phi) is 2.21. The summed E-state index contributed by atoms with van der Waals surface area (Å²) < 4.78 is 5.76. The predicted octanol–water partition coefficient (Wildman–Crippen LogP) is 2.43. The van der Waals surface area contributed by atoms with Crippen LogP contribution in [0.4, 0.5) is 0 Å². The van der Waals surface area contributed by atoms with Crippen molar-refractivity contribution < 1.29 is 4.74 Å². The van der Waals surface area contributed by atoms with E-state index in [2.05, 4.69) is 25.1 Å². The molecular weight excluding hydrogens is 198 g/mol. The summed E-state index contributed by atoms with van der Waals surface area (Å²) in [6.45, 7) is 2.12. The minimum absolute atomic E-state index is 0.160. The molecule has 1 atom stereocenters. The van der Waals surface area contributed by atoms with Crippen LogP contribution >= 0.6 is 0 Å². The third-order valence-corrected chi connectivity index (χ3v) is 3.77. The Morgan fingerprint density at radius 2 is 2.25 bits per heavy atom. The summed E-state index contributed by atoms with van der Waals surface area (Å²) in [5, 5.41) is 0. The van der Waals surface area contributed by atoms with Crippen molar-refractivity contribution in [2.75, 3.05) is 0 Å². The lowest BCUT2D eigenvalue weighted by Crippen LogP contribution is -2.22. The van der Waals surface area contributed by atoms with Gasteiger partial charge in [0.25, 0.3) is 0 Å². The van der Waals surface area contributed by atoms with Crippen LogP contribution in [0.5, 0.6) is 5.75 Å². The first-order chi connectivity index (χ1) is 7.65. The highest BCUT2D eigenvalue weighted by atomic mass is 16.5. The molecule has 1 aromatic rings. The van der Waals surface area contributed by atoms with E-state index in [0.717, 1.165) is 25.0 Å². The lowest BCUT2D eigenvalue weighted by Gasteiger charge is -2.09. The molecule has 1 fully saturated rings. The summed E-state index contributed by atoms with van der Waals surface area (Å²) in [5.41, 5.74) is 8.98. The highest BCUT2D eigenvalue weighted by Gasteiger charge is 2.37. The standard InChI is InChI=1S/C14H19NO/c1-10-8-12-3-2-11(9-13(12)16-10)4-5-14(15)6-7-14/h2-3,9-10H,4-8,15H2,1H3. The SMILES string of the molecule is CC1Cc2ccc(CCC3(N)CC3)cc2O1. The molecular formula is C14H19NO. The molecule has 1 saturated carbocycles. The van der Waals surface area contributed by atoms with Crippen molar-refractivity contribution in [3.63, 3.8) is 0 Å². The number of fused-ring (bicyclic) bond motifs is 1. The summed E-state index contributed by atoms with van der Waals surface area (Å²) in [7, 11) is 0. The van der Waals surface area contributed by atoms with Crippen molar-refractivity contribution in [2.24, 2.45) is 5.73 Å². The first-order valence-corrected chi connectivity index (χ1v) is 6.22. The van der Waals surface area contributed by atoms with Crippen molar-refractivity contribution >= 4 is 0 Å². The second-order valence-corrected chi connectivity index (χ2v) is 5.44. The molecule has 86 valence electrons. The summed E-state index contributed by atoms with van der Waals surface area (Å²) in [6, 6.07) is 6.64. The number of nitrogens with two attached hydrogens (primary N) is 1. The second kappa shape index (κ2) is 3.49. The van der Waals surface area contributed by atoms with Gasteiger partial charge in [0.15, 0.2) is 0 Å². The molecule has 2 heteroatoms. The van der Waals surface area contributed by atoms with E-state index in [0.29, 0.717) is 6.10 Å². The lowest BCUT2D eigenvalue weighted by atomic mass is 10.0. The van der Waals surface area contributed by atoms with Crippen LogP contribution in [0, 0.1) is 0 Å². The van der Waals surface area contributed by atoms with Gasteiger partial charge < -0.3 is 10.5 Å². The molecule has 3 rings (SSSR count). The van der Waals surface area contributed by atoms with Crippen molar-refractivity contribution in [3.05, 3.63) is 29.3 Å². The summed E-state index contributed by atoms with van der Waals surface area (Å²) in [5.74, 6) is 1.09. The Bertz CT molecular complexity index is 409. The van der Waals surface area contributed by atoms with Crippen molar-refractivity contribution in [1.82, 2.24) is 0 Å². The van der Waals surface area contributed by atoms with E-state index in [1.165, 1.54) is 24.0 Å². The van der Waals surface area contributed by atoms with E-state index in [9.17, 15) is 0 Å². The van der Waals surface area contributed by atoms with Gasteiger partial charge in [-0.25, -0.2) is 0 Å². The van der Waals surface area contributed by atoms with Gasteiger partial charge in [0, 0.05) is 12.0 Å². The van der Waals surface area contributed by atoms with Crippen LogP contribution in [0.15, 0.2) is 18.2 Å². The zero-order valence-corrected chi connectivity index (χ0v) is 9.83. The van der Waals surface area contributed by atoms with E-state index in [1.807, 2.05) is 0 Å². The van der Waals surface area contributed by atoms with E-state index < -0.39 is 0 Å². The molecule has 0 spiro atoms. The molecule has 0 amide bonds. The van der Waals surface area contributed by atoms with Gasteiger partial charge in [-0.15, -0.1) is 0 Å². The average Bonchev–Trinajstić information content (AvgIpc) is 2.87. The fourth-order valence-electron chi connectivity index (χ4n) is 2.40. The Hall–Kier alpha value is -1.02. The van der Waals surface area contributed by atoms with Gasteiger partial charge in [0.1, 0.15) is 11.9 Å². The van der Waals surface area contributed by atoms with Gasteiger partial charge in [0.2, 0.25) is 0 Å². The Morgan fingerprint density at radius 1 is 1.44 bits per heavy atom. The van der Waals surface area contributed by atoms with Gasteiger partial charge in [0.05, 0.1) is 0 Å². The van der Waals surface area contributed by atoms with Crippen LogP contribution in [0.1, 0.15) is 37.3 Å². The maximum atomic E-state index is 6.10. The van der Waals surface area contributed by atoms with Gasteiger partial charge in [-0.1, -0.05) is 12.1 Å². The zero-order chi connectivity index (χ0) is 11.2. The average molecular weight is 217 g/mol. The number of hydrogen-bond acceptors (Lipinski definition) is 2. The predicted molar refractivity (Wildman–Crippen MR) is 64.7 cm³/mol. The summed E-state index contributed by atoms with van der Waals surface area (Å²) >= 11 is 0. The molecule has 1 aromatic carbocycles. The van der Waals surface area contributed by atoms with E-state index in [-0.39, 0.29) is 5.54 Å². The first kappa shape index (κ1) is 10.2. The highest BCUT2D eigenvalue weighted by Crippen LogP contribution is 2.37. The van der Waals surface area contributed by atoms with E-state index >= 15 is 0 Å². The first-order valence-electron chi connectivity index (χ1n) is 6.22. The third kappa shape index (κ3) is 1.94. The van der Waals surface area contributed by atoms with Crippen LogP contribution in [-0.2, 0) is 12.8 Å². The molecule has 16 heavy (non-hydrogen) atoms. The van der Waals surface area contributed by atoms with Crippen molar-refractivity contribution in [2.45, 2.75) is 50.7 Å². The second-order valence-electron chi connectivity index (χ2n) is 5.44. The Morgan fingerprint density at radius 3 is 3.00 bits per heavy atom. The number of hydrogen-bond donors (Lipinski definition) is 1. The van der Waals surface area contributed by atoms with Gasteiger partial charge in [-0.05, 0) is 49.8 Å². The van der Waals surface area contributed by atoms with Crippen LogP contribution in [0.25, 0.3) is 0 Å². The minimum atomic E-state index is 0.160. The van der Waals surface area contributed by atoms with Crippen LogP contribution in [-0.4, -0.2) is 11.6 Å². The fourth-order valence-corrected chi connectivity index (χ4v) is 2.40. The molecule has 0 bridgehead atoms. The zero-order valence-electron chi connectivity index (χ0n) is 9.83. The molecule has 2 N–H and O–H groups in total. The van der Waals surface area contributed by atoms with E-state index in [1.54, 1.807) is 0 Å². The molecule has 0 aromatic heterocycles. The molecule has 0 saturated heterocycles. The van der Waals surface area contributed by atoms with E-state index in [4.69, 9.17) is 10.5 Å². The largest absolute Gasteiger partial charge is 0.490 e. The molecule has 1 heterocycles. The molecule has 2 aliphatic rings. The Balaban J connectivity index is 1.70. The van der Waals surface area contributed by atoms with Gasteiger partial charge in [-0.2, -0.15) is 0 Å². The minimum Gasteiger partial charge on any atom is -0.490 e. The molecule has 1 aliphatic heterocycles. The fraction of sp³-hybridized carbons (Fsp3) is 0.571. The molecule has 1 unspecified atom stereocenters. The van der Waals surface area contributed by atoms with Crippen LogP contribution < -0.4 is 10.5 Å². The number of benzene rings is 1. The van der Waals surface area contributed by atoms with Gasteiger partial charge in [-0.3, -0.25) is 0 Å². The maximum absolute atomic E-state index is 6.10. The van der Waals surface area contributed by atoms with Crippen molar-refractivity contribution in [3.8, 4) is 5.75 Å². The monoisotopic (exact) mass is 217 g/mol. The molecule has 0 radical (unpaired) electrons. The molecule has 2 nitrogen and oxygen atoms in total. The third-order valence-electron chi connectivity index (χ3n) is 3.77. The normalized spacial score (nSPS) is 25.0. The Labute approximate surface area is 96.8 Å². The number of aryl methyl sites for hydroxylation is 1. The number of ether oxygens (including phenoxy) is 1. The topological polar surface area (TPSA) is 35.2 Å². The maximum Gasteiger partial charge on any atom is 0.123 e. The highest BCUT2D eigenvalue weighted by molar-refractivity contribution is 5.41. The summed E-state index contributed by atoms with van der Waals surface area (Å²) in [6.07, 6.45) is 5.99. The smallest absolute Gasteiger partial charge is 0.123 e. The summed E-state index contributed by atoms with van der Waals surface area (Å²) in [4.78, 5) is 0. The quantitative estimate of drug-likeness (QED) is 0.844.